The predicted octanol–water partition coefficient (Wildman–Crippen LogP) is 4.31. The van der Waals surface area contributed by atoms with Crippen molar-refractivity contribution in [2.45, 2.75) is 0 Å². The van der Waals surface area contributed by atoms with Gasteiger partial charge in [0, 0.05) is 23.5 Å². The monoisotopic (exact) mass is 333 g/mol. The minimum Gasteiger partial charge on any atom is -0.328 e. The molecule has 0 unspecified atom stereocenters. The molecule has 0 fully saturated rings. The third-order valence-electron chi connectivity index (χ3n) is 3.84. The van der Waals surface area contributed by atoms with Gasteiger partial charge in [-0.2, -0.15) is 0 Å². The van der Waals surface area contributed by atoms with Crippen molar-refractivity contribution >= 4 is 22.5 Å². The predicted molar refractivity (Wildman–Crippen MR) is 96.0 cm³/mol. The summed E-state index contributed by atoms with van der Waals surface area (Å²) in [6.45, 7) is 0. The molecular formula is C19H12ClN3O. The number of hydrogen-bond donors (Lipinski definition) is 1. The molecule has 0 aliphatic heterocycles. The number of nitrogens with zero attached hydrogens (tertiary/aromatic N) is 2. The van der Waals surface area contributed by atoms with E-state index in [1.165, 1.54) is 0 Å². The molecule has 3 heterocycles. The molecular weight excluding hydrogens is 322 g/mol. The fraction of sp³-hybridized carbons (Fsp3) is 0. The van der Waals surface area contributed by atoms with Gasteiger partial charge in [-0.25, -0.2) is 9.97 Å². The minimum absolute atomic E-state index is 0.155. The van der Waals surface area contributed by atoms with E-state index in [-0.39, 0.29) is 5.56 Å². The number of halogens is 1. The Bertz CT molecular complexity index is 1070. The first-order chi connectivity index (χ1) is 11.7. The smallest absolute Gasteiger partial charge is 0.257 e. The highest BCUT2D eigenvalue weighted by Crippen LogP contribution is 2.32. The van der Waals surface area contributed by atoms with E-state index in [4.69, 9.17) is 16.6 Å². The second-order valence-electron chi connectivity index (χ2n) is 5.36. The van der Waals surface area contributed by atoms with Gasteiger partial charge in [0.1, 0.15) is 5.15 Å². The fourth-order valence-corrected chi connectivity index (χ4v) is 2.80. The van der Waals surface area contributed by atoms with E-state index in [2.05, 4.69) is 9.97 Å². The van der Waals surface area contributed by atoms with Gasteiger partial charge in [-0.3, -0.25) is 4.79 Å². The molecule has 0 aliphatic carbocycles. The minimum atomic E-state index is -0.155. The summed E-state index contributed by atoms with van der Waals surface area (Å²) in [6.07, 6.45) is 3.29. The van der Waals surface area contributed by atoms with Gasteiger partial charge in [0.05, 0.1) is 16.6 Å². The molecule has 24 heavy (non-hydrogen) atoms. The van der Waals surface area contributed by atoms with E-state index in [9.17, 15) is 4.79 Å². The molecule has 1 aromatic carbocycles. The van der Waals surface area contributed by atoms with Crippen molar-refractivity contribution in [1.82, 2.24) is 15.0 Å². The van der Waals surface area contributed by atoms with Gasteiger partial charge in [0.15, 0.2) is 0 Å². The molecule has 0 bridgehead atoms. The topological polar surface area (TPSA) is 58.6 Å². The van der Waals surface area contributed by atoms with E-state index >= 15 is 0 Å². The first-order valence-electron chi connectivity index (χ1n) is 7.42. The van der Waals surface area contributed by atoms with Gasteiger partial charge < -0.3 is 4.98 Å². The van der Waals surface area contributed by atoms with Crippen LogP contribution in [-0.2, 0) is 0 Å². The molecule has 0 saturated carbocycles. The van der Waals surface area contributed by atoms with E-state index < -0.39 is 0 Å². The molecule has 0 aliphatic rings. The number of H-pyrrole nitrogens is 1. The number of aromatic amines is 1. The zero-order valence-electron chi connectivity index (χ0n) is 12.5. The number of pyridine rings is 3. The maximum atomic E-state index is 12.1. The van der Waals surface area contributed by atoms with E-state index in [0.717, 1.165) is 22.4 Å². The van der Waals surface area contributed by atoms with Crippen molar-refractivity contribution < 1.29 is 0 Å². The Morgan fingerprint density at radius 1 is 0.958 bits per heavy atom. The molecule has 116 valence electrons. The molecule has 4 nitrogen and oxygen atoms in total. The second kappa shape index (κ2) is 5.91. The maximum Gasteiger partial charge on any atom is 0.257 e. The first-order valence-corrected chi connectivity index (χ1v) is 7.80. The Morgan fingerprint density at radius 2 is 1.79 bits per heavy atom. The Morgan fingerprint density at radius 3 is 2.54 bits per heavy atom. The summed E-state index contributed by atoms with van der Waals surface area (Å²) in [4.78, 5) is 23.7. The van der Waals surface area contributed by atoms with Gasteiger partial charge in [0.2, 0.25) is 0 Å². The van der Waals surface area contributed by atoms with Gasteiger partial charge in [-0.05, 0) is 29.8 Å². The number of rotatable bonds is 2. The number of benzene rings is 1. The normalized spacial score (nSPS) is 10.9. The summed E-state index contributed by atoms with van der Waals surface area (Å²) in [7, 11) is 0. The van der Waals surface area contributed by atoms with Crippen LogP contribution in [0.4, 0.5) is 0 Å². The Balaban J connectivity index is 2.06. The van der Waals surface area contributed by atoms with Crippen LogP contribution in [-0.4, -0.2) is 15.0 Å². The highest BCUT2D eigenvalue weighted by Gasteiger charge is 2.13. The third-order valence-corrected chi connectivity index (χ3v) is 4.06. The summed E-state index contributed by atoms with van der Waals surface area (Å²) < 4.78 is 0. The molecule has 1 N–H and O–H groups in total. The number of hydrogen-bond acceptors (Lipinski definition) is 3. The molecule has 0 radical (unpaired) electrons. The lowest BCUT2D eigenvalue weighted by molar-refractivity contribution is 1.25. The highest BCUT2D eigenvalue weighted by molar-refractivity contribution is 6.29. The summed E-state index contributed by atoms with van der Waals surface area (Å²) in [5.74, 6) is 0. The van der Waals surface area contributed by atoms with Crippen molar-refractivity contribution in [3.8, 4) is 22.4 Å². The van der Waals surface area contributed by atoms with Crippen LogP contribution in [0.2, 0.25) is 5.15 Å². The average Bonchev–Trinajstić information content (AvgIpc) is 2.62. The van der Waals surface area contributed by atoms with Crippen LogP contribution >= 0.6 is 11.6 Å². The van der Waals surface area contributed by atoms with E-state index in [1.54, 1.807) is 24.5 Å². The molecule has 0 saturated heterocycles. The Kier molecular flexibility index (Phi) is 3.59. The van der Waals surface area contributed by atoms with Crippen molar-refractivity contribution in [1.29, 1.82) is 0 Å². The second-order valence-corrected chi connectivity index (χ2v) is 5.75. The van der Waals surface area contributed by atoms with Crippen LogP contribution in [0.1, 0.15) is 0 Å². The number of nitrogens with one attached hydrogen (secondary N) is 1. The lowest BCUT2D eigenvalue weighted by atomic mass is 9.99. The van der Waals surface area contributed by atoms with Crippen LogP contribution in [0.5, 0.6) is 0 Å². The molecule has 0 amide bonds. The lowest BCUT2D eigenvalue weighted by Gasteiger charge is -2.11. The van der Waals surface area contributed by atoms with Crippen LogP contribution in [0.15, 0.2) is 71.8 Å². The number of aromatic nitrogens is 3. The summed E-state index contributed by atoms with van der Waals surface area (Å²) in [5.41, 5.74) is 3.97. The summed E-state index contributed by atoms with van der Waals surface area (Å²) >= 11 is 5.89. The van der Waals surface area contributed by atoms with Crippen molar-refractivity contribution in [2.75, 3.05) is 0 Å². The standard InChI is InChI=1S/C19H12ClN3O/c20-17-7-6-13(11-22-17)18-14(12-4-2-1-3-5-12)10-15-16(23-18)8-9-21-19(15)24/h1-11H,(H,21,24). The third kappa shape index (κ3) is 2.57. The van der Waals surface area contributed by atoms with Crippen LogP contribution in [0.25, 0.3) is 33.3 Å². The quantitative estimate of drug-likeness (QED) is 0.556. The average molecular weight is 334 g/mol. The fourth-order valence-electron chi connectivity index (χ4n) is 2.68. The zero-order chi connectivity index (χ0) is 16.5. The Hall–Kier alpha value is -2.98. The molecule has 0 spiro atoms. The highest BCUT2D eigenvalue weighted by atomic mass is 35.5. The van der Waals surface area contributed by atoms with Gasteiger partial charge in [0.25, 0.3) is 5.56 Å². The van der Waals surface area contributed by atoms with Crippen LogP contribution in [0, 0.1) is 0 Å². The Labute approximate surface area is 142 Å². The van der Waals surface area contributed by atoms with Gasteiger partial charge >= 0.3 is 0 Å². The number of fused-ring (bicyclic) bond motifs is 1. The molecule has 3 aromatic heterocycles. The molecule has 4 aromatic rings. The molecule has 4 rings (SSSR count). The maximum absolute atomic E-state index is 12.1. The first kappa shape index (κ1) is 14.6. The summed E-state index contributed by atoms with van der Waals surface area (Å²) in [5, 5.41) is 0.985. The van der Waals surface area contributed by atoms with E-state index in [0.29, 0.717) is 16.1 Å². The van der Waals surface area contributed by atoms with Crippen LogP contribution < -0.4 is 5.56 Å². The van der Waals surface area contributed by atoms with Crippen LogP contribution in [0.3, 0.4) is 0 Å². The van der Waals surface area contributed by atoms with Gasteiger partial charge in [-0.15, -0.1) is 0 Å². The summed E-state index contributed by atoms with van der Waals surface area (Å²) in [6, 6.07) is 17.1. The van der Waals surface area contributed by atoms with E-state index in [1.807, 2.05) is 42.5 Å². The largest absolute Gasteiger partial charge is 0.328 e. The van der Waals surface area contributed by atoms with Crippen molar-refractivity contribution in [3.05, 3.63) is 82.5 Å². The van der Waals surface area contributed by atoms with Crippen molar-refractivity contribution in [2.24, 2.45) is 0 Å². The lowest BCUT2D eigenvalue weighted by Crippen LogP contribution is -2.06. The SMILES string of the molecule is O=c1[nH]ccc2nc(-c3ccc(Cl)nc3)c(-c3ccccc3)cc12. The van der Waals surface area contributed by atoms with Crippen molar-refractivity contribution in [3.63, 3.8) is 0 Å². The molecule has 0 atom stereocenters. The van der Waals surface area contributed by atoms with Gasteiger partial charge in [-0.1, -0.05) is 41.9 Å². The molecule has 5 heteroatoms. The zero-order valence-corrected chi connectivity index (χ0v) is 13.3.